The quantitative estimate of drug-likeness (QED) is 0.688. The second kappa shape index (κ2) is 5.97. The minimum Gasteiger partial charge on any atom is -0.340 e. The monoisotopic (exact) mass is 357 g/mol. The lowest BCUT2D eigenvalue weighted by atomic mass is 10.1. The topological polar surface area (TPSA) is 57.7 Å². The maximum Gasteiger partial charge on any atom is 0.132 e. The van der Waals surface area contributed by atoms with Crippen molar-refractivity contribution in [1.82, 2.24) is 14.5 Å². The highest BCUT2D eigenvalue weighted by atomic mass is 35.5. The normalized spacial score (nSPS) is 17.4. The van der Waals surface area contributed by atoms with E-state index in [-0.39, 0.29) is 6.04 Å². The highest BCUT2D eigenvalue weighted by Crippen LogP contribution is 2.36. The van der Waals surface area contributed by atoms with E-state index in [2.05, 4.69) is 11.1 Å². The molecule has 4 rings (SSSR count). The Morgan fingerprint density at radius 2 is 2.17 bits per heavy atom. The summed E-state index contributed by atoms with van der Waals surface area (Å²) in [6.07, 6.45) is 7.14. The SMILES string of the molecule is N#CC1CCCN1c1cc(-n2ccnc2)c2ccc(Cl)c(Cl)c2n1. The van der Waals surface area contributed by atoms with Gasteiger partial charge >= 0.3 is 0 Å². The van der Waals surface area contributed by atoms with Gasteiger partial charge in [0.15, 0.2) is 0 Å². The molecule has 2 aromatic heterocycles. The lowest BCUT2D eigenvalue weighted by Crippen LogP contribution is -2.28. The first-order chi connectivity index (χ1) is 11.7. The lowest BCUT2D eigenvalue weighted by molar-refractivity contribution is 0.808. The zero-order valence-corrected chi connectivity index (χ0v) is 14.2. The number of halogens is 2. The van der Waals surface area contributed by atoms with Gasteiger partial charge in [-0.3, -0.25) is 0 Å². The van der Waals surface area contributed by atoms with Crippen LogP contribution in [0.3, 0.4) is 0 Å². The molecule has 0 saturated carbocycles. The summed E-state index contributed by atoms with van der Waals surface area (Å²) in [6.45, 7) is 0.804. The number of hydrogen-bond donors (Lipinski definition) is 0. The van der Waals surface area contributed by atoms with Crippen LogP contribution in [0.2, 0.25) is 10.0 Å². The van der Waals surface area contributed by atoms with Crippen molar-refractivity contribution in [2.24, 2.45) is 0 Å². The fourth-order valence-electron chi connectivity index (χ4n) is 3.14. The number of benzene rings is 1. The van der Waals surface area contributed by atoms with Crippen molar-refractivity contribution < 1.29 is 0 Å². The van der Waals surface area contributed by atoms with Crippen LogP contribution in [0.4, 0.5) is 5.82 Å². The summed E-state index contributed by atoms with van der Waals surface area (Å²) in [6, 6.07) is 7.83. The van der Waals surface area contributed by atoms with Gasteiger partial charge in [0.25, 0.3) is 0 Å². The van der Waals surface area contributed by atoms with Gasteiger partial charge in [0, 0.05) is 30.4 Å². The molecule has 7 heteroatoms. The summed E-state index contributed by atoms with van der Waals surface area (Å²) in [5.74, 6) is 0.736. The number of hydrogen-bond acceptors (Lipinski definition) is 4. The number of nitrogens with zero attached hydrogens (tertiary/aromatic N) is 5. The summed E-state index contributed by atoms with van der Waals surface area (Å²) < 4.78 is 1.91. The van der Waals surface area contributed by atoms with Crippen molar-refractivity contribution >= 4 is 39.9 Å². The summed E-state index contributed by atoms with van der Waals surface area (Å²) >= 11 is 12.6. The van der Waals surface area contributed by atoms with E-state index in [1.807, 2.05) is 27.8 Å². The van der Waals surface area contributed by atoms with Crippen LogP contribution < -0.4 is 4.90 Å². The van der Waals surface area contributed by atoms with Crippen molar-refractivity contribution in [2.75, 3.05) is 11.4 Å². The van der Waals surface area contributed by atoms with Gasteiger partial charge in [-0.2, -0.15) is 5.26 Å². The molecule has 3 heterocycles. The molecule has 0 bridgehead atoms. The van der Waals surface area contributed by atoms with Crippen LogP contribution in [-0.4, -0.2) is 27.1 Å². The zero-order chi connectivity index (χ0) is 16.7. The highest BCUT2D eigenvalue weighted by molar-refractivity contribution is 6.45. The predicted molar refractivity (Wildman–Crippen MR) is 94.9 cm³/mol. The molecular formula is C17H13Cl2N5. The van der Waals surface area contributed by atoms with E-state index in [4.69, 9.17) is 28.2 Å². The van der Waals surface area contributed by atoms with Gasteiger partial charge in [0.2, 0.25) is 0 Å². The lowest BCUT2D eigenvalue weighted by Gasteiger charge is -2.22. The summed E-state index contributed by atoms with van der Waals surface area (Å²) in [4.78, 5) is 10.9. The van der Waals surface area contributed by atoms with Gasteiger partial charge in [-0.1, -0.05) is 23.2 Å². The first kappa shape index (κ1) is 15.3. The van der Waals surface area contributed by atoms with Gasteiger partial charge in [0.1, 0.15) is 11.9 Å². The summed E-state index contributed by atoms with van der Waals surface area (Å²) in [5, 5.41) is 11.2. The summed E-state index contributed by atoms with van der Waals surface area (Å²) in [5.41, 5.74) is 1.55. The molecule has 1 unspecified atom stereocenters. The van der Waals surface area contributed by atoms with Gasteiger partial charge in [-0.05, 0) is 25.0 Å². The number of nitriles is 1. The van der Waals surface area contributed by atoms with E-state index in [0.717, 1.165) is 36.3 Å². The van der Waals surface area contributed by atoms with E-state index in [9.17, 15) is 5.26 Å². The van der Waals surface area contributed by atoms with E-state index >= 15 is 0 Å². The van der Waals surface area contributed by atoms with Crippen LogP contribution in [0.5, 0.6) is 0 Å². The minimum atomic E-state index is -0.163. The number of anilines is 1. The van der Waals surface area contributed by atoms with Crippen molar-refractivity contribution in [3.05, 3.63) is 47.0 Å². The molecule has 24 heavy (non-hydrogen) atoms. The fourth-order valence-corrected chi connectivity index (χ4v) is 3.50. The molecule has 0 aliphatic carbocycles. The maximum atomic E-state index is 9.38. The van der Waals surface area contributed by atoms with Crippen LogP contribution in [0.25, 0.3) is 16.6 Å². The van der Waals surface area contributed by atoms with E-state index < -0.39 is 0 Å². The van der Waals surface area contributed by atoms with Gasteiger partial charge in [-0.25, -0.2) is 9.97 Å². The largest absolute Gasteiger partial charge is 0.340 e. The minimum absolute atomic E-state index is 0.163. The van der Waals surface area contributed by atoms with Crippen LogP contribution >= 0.6 is 23.2 Å². The smallest absolute Gasteiger partial charge is 0.132 e. The predicted octanol–water partition coefficient (Wildman–Crippen LogP) is 4.22. The Morgan fingerprint density at radius 1 is 1.29 bits per heavy atom. The van der Waals surface area contributed by atoms with Crippen LogP contribution in [0.1, 0.15) is 12.8 Å². The van der Waals surface area contributed by atoms with Gasteiger partial charge < -0.3 is 9.47 Å². The molecule has 1 aliphatic rings. The highest BCUT2D eigenvalue weighted by Gasteiger charge is 2.26. The number of pyridine rings is 1. The first-order valence-corrected chi connectivity index (χ1v) is 8.38. The fraction of sp³-hybridized carbons (Fsp3) is 0.235. The van der Waals surface area contributed by atoms with Crippen molar-refractivity contribution in [3.8, 4) is 11.8 Å². The Labute approximate surface area is 149 Å². The van der Waals surface area contributed by atoms with Gasteiger partial charge in [0.05, 0.1) is 33.6 Å². The third-order valence-electron chi connectivity index (χ3n) is 4.32. The Hall–Kier alpha value is -2.29. The molecule has 1 atom stereocenters. The van der Waals surface area contributed by atoms with Crippen molar-refractivity contribution in [2.45, 2.75) is 18.9 Å². The third kappa shape index (κ3) is 2.39. The second-order valence-electron chi connectivity index (χ2n) is 5.71. The van der Waals surface area contributed by atoms with Crippen molar-refractivity contribution in [3.63, 3.8) is 0 Å². The molecule has 1 fully saturated rings. The Bertz CT molecular complexity index is 946. The number of imidazole rings is 1. The van der Waals surface area contributed by atoms with Crippen LogP contribution in [0.15, 0.2) is 36.9 Å². The van der Waals surface area contributed by atoms with Crippen LogP contribution in [-0.2, 0) is 0 Å². The third-order valence-corrected chi connectivity index (χ3v) is 5.11. The average molecular weight is 358 g/mol. The molecule has 0 amide bonds. The van der Waals surface area contributed by atoms with E-state index in [1.54, 1.807) is 18.6 Å². The Kier molecular flexibility index (Phi) is 3.79. The standard InChI is InChI=1S/C17H13Cl2N5/c18-13-4-3-12-14(23-7-5-21-10-23)8-15(22-17(12)16(13)19)24-6-1-2-11(24)9-20/h3-5,7-8,10-11H,1-2,6H2. The van der Waals surface area contributed by atoms with E-state index in [0.29, 0.717) is 15.6 Å². The van der Waals surface area contributed by atoms with Gasteiger partial charge in [-0.15, -0.1) is 0 Å². The molecular weight excluding hydrogens is 345 g/mol. The van der Waals surface area contributed by atoms with Crippen molar-refractivity contribution in [1.29, 1.82) is 5.26 Å². The van der Waals surface area contributed by atoms with Crippen LogP contribution in [0, 0.1) is 11.3 Å². The number of aromatic nitrogens is 3. The second-order valence-corrected chi connectivity index (χ2v) is 6.49. The molecule has 120 valence electrons. The maximum absolute atomic E-state index is 9.38. The molecule has 0 spiro atoms. The molecule has 5 nitrogen and oxygen atoms in total. The Morgan fingerprint density at radius 3 is 2.92 bits per heavy atom. The number of rotatable bonds is 2. The number of fused-ring (bicyclic) bond motifs is 1. The molecule has 1 aliphatic heterocycles. The molecule has 1 saturated heterocycles. The average Bonchev–Trinajstić information content (AvgIpc) is 3.28. The molecule has 3 aromatic rings. The molecule has 1 aromatic carbocycles. The summed E-state index contributed by atoms with van der Waals surface area (Å²) in [7, 11) is 0. The zero-order valence-electron chi connectivity index (χ0n) is 12.7. The Balaban J connectivity index is 1.99. The first-order valence-electron chi connectivity index (χ1n) is 7.62. The molecule has 0 N–H and O–H groups in total. The van der Waals surface area contributed by atoms with E-state index in [1.165, 1.54) is 0 Å². The molecule has 0 radical (unpaired) electrons.